The van der Waals surface area contributed by atoms with Crippen LogP contribution in [-0.4, -0.2) is 11.6 Å². The summed E-state index contributed by atoms with van der Waals surface area (Å²) < 4.78 is 68.7. The van der Waals surface area contributed by atoms with Crippen LogP contribution in [0.1, 0.15) is 239 Å². The van der Waals surface area contributed by atoms with E-state index in [4.69, 9.17) is 13.1 Å². The highest BCUT2D eigenvalue weighted by Crippen LogP contribution is 2.69. The largest absolute Gasteiger partial charge is 0.289 e. The number of ketones is 2. The third-order valence-electron chi connectivity index (χ3n) is 23.7. The second kappa shape index (κ2) is 31.5. The zero-order valence-corrected chi connectivity index (χ0v) is 68.6. The molecule has 4 aliphatic carbocycles. The number of fused-ring (bicyclic) bond motifs is 16. The third kappa shape index (κ3) is 12.7. The van der Waals surface area contributed by atoms with Crippen molar-refractivity contribution < 1.29 is 27.2 Å². The van der Waals surface area contributed by atoms with Gasteiger partial charge in [-0.1, -0.05) is 202 Å². The Kier molecular flexibility index (Phi) is 21.1. The number of halogens is 4. The molecule has 0 aliphatic heterocycles. The van der Waals surface area contributed by atoms with Gasteiger partial charge < -0.3 is 0 Å². The van der Waals surface area contributed by atoms with Gasteiger partial charge in [0, 0.05) is 73.5 Å². The molecule has 0 saturated heterocycles. The molecule has 4 aliphatic rings. The van der Waals surface area contributed by atoms with Crippen LogP contribution in [-0.2, 0) is 36.5 Å². The van der Waals surface area contributed by atoms with Crippen LogP contribution in [0.2, 0.25) is 0 Å². The predicted molar refractivity (Wildman–Crippen MR) is 465 cm³/mol. The molecule has 0 N–H and O–H groups in total. The van der Waals surface area contributed by atoms with E-state index < -0.39 is 45.7 Å². The lowest BCUT2D eigenvalue weighted by molar-refractivity contribution is 0.103. The number of nitrogens with zero attached hydrogens (tertiary/aromatic N) is 4. The maximum absolute atomic E-state index is 15.1. The number of rotatable bonds is 26. The Morgan fingerprint density at radius 1 is 0.377 bits per heavy atom. The van der Waals surface area contributed by atoms with E-state index in [0.29, 0.717) is 9.75 Å². The first-order valence-corrected chi connectivity index (χ1v) is 44.7. The third-order valence-corrected chi connectivity index (χ3v) is 31.5. The lowest BCUT2D eigenvalue weighted by Crippen LogP contribution is -2.30. The van der Waals surface area contributed by atoms with Crippen LogP contribution in [0, 0.1) is 59.1 Å². The molecule has 0 saturated carbocycles. The van der Waals surface area contributed by atoms with E-state index in [-0.39, 0.29) is 55.9 Å². The van der Waals surface area contributed by atoms with E-state index in [2.05, 4.69) is 159 Å². The summed E-state index contributed by atoms with van der Waals surface area (Å²) in [5.74, 6) is -5.91. The molecule has 6 heterocycles. The number of nitriles is 2. The molecule has 0 spiro atoms. The predicted octanol–water partition coefficient (Wildman–Crippen LogP) is 29.3. The van der Waals surface area contributed by atoms with Crippen molar-refractivity contribution in [2.75, 3.05) is 0 Å². The van der Waals surface area contributed by atoms with E-state index in [9.17, 15) is 28.9 Å². The Labute approximate surface area is 685 Å². The van der Waals surface area contributed by atoms with Crippen LogP contribution >= 0.6 is 68.0 Å². The number of benzene rings is 7. The van der Waals surface area contributed by atoms with E-state index in [1.54, 1.807) is 57.5 Å². The number of hydrogen-bond donors (Lipinski definition) is 0. The number of Topliss-reactive ketones (excluding diaryl/α,β-unsaturated/α-hetero) is 2. The first-order chi connectivity index (χ1) is 55.6. The smallest absolute Gasteiger partial charge is 0.270 e. The SMILES string of the molecule is [C-]#[N+]/C(C#N)=C1\C(=C\c2cc3sc4c5c(sc4c3s2)-c2cc3c(cc2C5(c2ccc(CCCCCC)cc2)c2ccc(CCCCCC)cc2)-c2sc4c(sc5cc(/C=C6\C(=O)c7cc(F)c(F)cc7\C6=C(\C#N)[N+]#[C-])sc54)c2C3(c2ccc(CCCCCC)cc2)c2ccc(CCCCCC)cc2)C(=O)c2cc(F)c(F)cc21. The van der Waals surface area contributed by atoms with Crippen LogP contribution in [0.4, 0.5) is 17.6 Å². The van der Waals surface area contributed by atoms with Gasteiger partial charge in [0.05, 0.1) is 64.3 Å². The molecule has 13 aromatic rings. The van der Waals surface area contributed by atoms with Gasteiger partial charge in [0.2, 0.25) is 0 Å². The molecule has 0 unspecified atom stereocenters. The molecule has 0 amide bonds. The zero-order valence-electron chi connectivity index (χ0n) is 63.7. The summed E-state index contributed by atoms with van der Waals surface area (Å²) in [7, 11) is 0. The molecule has 0 fully saturated rings. The first kappa shape index (κ1) is 76.4. The van der Waals surface area contributed by atoms with Crippen molar-refractivity contribution in [2.24, 2.45) is 0 Å². The second-order valence-electron chi connectivity index (χ2n) is 30.6. The minimum Gasteiger partial charge on any atom is -0.289 e. The minimum absolute atomic E-state index is 0.00605. The van der Waals surface area contributed by atoms with Crippen LogP contribution in [0.25, 0.3) is 91.5 Å². The lowest BCUT2D eigenvalue weighted by atomic mass is 9.65. The van der Waals surface area contributed by atoms with Crippen molar-refractivity contribution in [3.8, 4) is 33.0 Å². The number of aryl methyl sites for hydroxylation is 4. The van der Waals surface area contributed by atoms with Crippen molar-refractivity contribution in [2.45, 2.75) is 167 Å². The Balaban J connectivity index is 0.933. The zero-order chi connectivity index (χ0) is 78.8. The van der Waals surface area contributed by atoms with Gasteiger partial charge in [-0.25, -0.2) is 37.8 Å². The average molecular weight is 1610 g/mol. The van der Waals surface area contributed by atoms with Gasteiger partial charge in [0.25, 0.3) is 11.4 Å². The number of carbonyl (C=O) groups is 2. The van der Waals surface area contributed by atoms with E-state index in [1.807, 2.05) is 12.1 Å². The Morgan fingerprint density at radius 3 is 0.974 bits per heavy atom. The number of allylic oxidation sites excluding steroid dienone is 6. The monoisotopic (exact) mass is 1610 g/mol. The molecule has 7 aromatic carbocycles. The van der Waals surface area contributed by atoms with Gasteiger partial charge in [-0.2, -0.15) is 0 Å². The van der Waals surface area contributed by atoms with E-state index in [1.165, 1.54) is 92.9 Å². The molecule has 0 atom stereocenters. The average Bonchev–Trinajstić information content (AvgIpc) is 1.48. The second-order valence-corrected chi connectivity index (χ2v) is 36.9. The maximum atomic E-state index is 15.1. The minimum atomic E-state index is -1.19. The van der Waals surface area contributed by atoms with Crippen molar-refractivity contribution in [1.82, 2.24) is 0 Å². The summed E-state index contributed by atoms with van der Waals surface area (Å²) in [6.07, 6.45) is 25.5. The Morgan fingerprint density at radius 2 is 0.684 bits per heavy atom. The normalized spacial score (nSPS) is 15.8. The molecule has 114 heavy (non-hydrogen) atoms. The first-order valence-electron chi connectivity index (χ1n) is 39.8. The topological polar surface area (TPSA) is 90.4 Å². The van der Waals surface area contributed by atoms with Crippen molar-refractivity contribution in [3.05, 3.63) is 313 Å². The van der Waals surface area contributed by atoms with Gasteiger partial charge in [-0.3, -0.25) is 9.59 Å². The Bertz CT molecular complexity index is 5900. The molecular weight excluding hydrogens is 1530 g/mol. The molecule has 0 bridgehead atoms. The lowest BCUT2D eigenvalue weighted by Gasteiger charge is -2.36. The quantitative estimate of drug-likeness (QED) is 0.0178. The summed E-state index contributed by atoms with van der Waals surface area (Å²) in [4.78, 5) is 39.6. The highest BCUT2D eigenvalue weighted by atomic mass is 32.1. The number of carbonyl (C=O) groups excluding carboxylic acids is 2. The molecule has 17 rings (SSSR count). The standard InChI is InChI=1S/C98H78F4N4O2S6/c1-7-11-15-19-23-55-27-35-59(36-28-55)97(60-37-29-56(30-38-60)24-20-16-12-8-2)73-47-70-74(48-69(73)89-85(97)93-95(113-89)91-81(111-93)45-63(109-91)43-71-83(79(53-103)105-5)65-49-75(99)77(101)51-67(65)87(71)107)98(61-39-31-57(32-40-61)25-21-17-13-9-3,62-41-33-58(34-42-62)26-22-18-14-10-4)86-90(70)114-96-92-82(112-94(86)96)46-64(110-92)44-72-84(80(54-104)106-6)66-50-76(100)78(102)52-68(66)88(72)108/h27-52H,7-26H2,1-4H3/b71-43-,72-44-,83-79-,84-80+. The fourth-order valence-electron chi connectivity index (χ4n) is 18.1. The fraction of sp³-hybridized carbons (Fsp3) is 0.265. The van der Waals surface area contributed by atoms with E-state index >= 15 is 8.78 Å². The highest BCUT2D eigenvalue weighted by molar-refractivity contribution is 7.40. The van der Waals surface area contributed by atoms with Crippen LogP contribution in [0.5, 0.6) is 0 Å². The summed E-state index contributed by atoms with van der Waals surface area (Å²) in [6, 6.07) is 54.6. The van der Waals surface area contributed by atoms with Crippen molar-refractivity contribution >= 4 is 140 Å². The molecule has 0 radical (unpaired) electrons. The maximum Gasteiger partial charge on any atom is 0.270 e. The molecule has 6 aromatic heterocycles. The molecule has 566 valence electrons. The summed E-state index contributed by atoms with van der Waals surface area (Å²) >= 11 is 10.1. The number of hydrogen-bond acceptors (Lipinski definition) is 10. The summed E-state index contributed by atoms with van der Waals surface area (Å²) in [5.41, 5.74) is 14.2. The van der Waals surface area contributed by atoms with Gasteiger partial charge >= 0.3 is 0 Å². The molecule has 16 heteroatoms. The Hall–Kier alpha value is -10.2. The van der Waals surface area contributed by atoms with Crippen LogP contribution in [0.15, 0.2) is 168 Å². The van der Waals surface area contributed by atoms with Crippen LogP contribution < -0.4 is 0 Å². The van der Waals surface area contributed by atoms with Gasteiger partial charge in [-0.05, 0) is 190 Å². The highest BCUT2D eigenvalue weighted by Gasteiger charge is 2.55. The van der Waals surface area contributed by atoms with Crippen LogP contribution in [0.3, 0.4) is 0 Å². The van der Waals surface area contributed by atoms with Crippen molar-refractivity contribution in [1.29, 1.82) is 10.5 Å². The van der Waals surface area contributed by atoms with E-state index in [0.717, 1.165) is 208 Å². The van der Waals surface area contributed by atoms with Crippen molar-refractivity contribution in [3.63, 3.8) is 0 Å². The number of unbranched alkanes of at least 4 members (excludes halogenated alkanes) is 12. The van der Waals surface area contributed by atoms with Gasteiger partial charge in [-0.15, -0.1) is 68.0 Å². The van der Waals surface area contributed by atoms with Gasteiger partial charge in [0.1, 0.15) is 0 Å². The fourth-order valence-corrected chi connectivity index (χ4v) is 26.8. The summed E-state index contributed by atoms with van der Waals surface area (Å²) in [6.45, 7) is 25.0. The molecular formula is C98H78F4N4O2S6. The summed E-state index contributed by atoms with van der Waals surface area (Å²) in [5, 5.41) is 20.6. The van der Waals surface area contributed by atoms with Gasteiger partial charge in [0.15, 0.2) is 34.8 Å². The number of thiophene rings is 6. The molecule has 6 nitrogen and oxygen atoms in total.